The molecule has 0 amide bonds. The lowest BCUT2D eigenvalue weighted by atomic mass is 10.1. The maximum absolute atomic E-state index is 5.90. The van der Waals surface area contributed by atoms with Crippen LogP contribution in [0.4, 0.5) is 0 Å². The average molecular weight is 226 g/mol. The number of rotatable bonds is 6. The van der Waals surface area contributed by atoms with Crippen molar-refractivity contribution in [2.24, 2.45) is 11.8 Å². The molecule has 1 saturated heterocycles. The molecule has 94 valence electrons. The molecule has 2 fully saturated rings. The Labute approximate surface area is 99.5 Å². The van der Waals surface area contributed by atoms with E-state index >= 15 is 0 Å². The Kier molecular flexibility index (Phi) is 4.62. The molecular formula is C13H26N2O. The summed E-state index contributed by atoms with van der Waals surface area (Å²) < 4.78 is 5.90. The molecule has 1 saturated carbocycles. The minimum absolute atomic E-state index is 0.509. The van der Waals surface area contributed by atoms with E-state index in [2.05, 4.69) is 24.2 Å². The van der Waals surface area contributed by atoms with Crippen LogP contribution in [0, 0.1) is 11.8 Å². The van der Waals surface area contributed by atoms with Gasteiger partial charge in [0, 0.05) is 13.1 Å². The zero-order chi connectivity index (χ0) is 11.4. The van der Waals surface area contributed by atoms with Crippen molar-refractivity contribution in [2.45, 2.75) is 32.3 Å². The summed E-state index contributed by atoms with van der Waals surface area (Å²) in [6, 6.07) is 0. The fourth-order valence-electron chi connectivity index (χ4n) is 2.48. The fraction of sp³-hybridized carbons (Fsp3) is 1.00. The van der Waals surface area contributed by atoms with Crippen molar-refractivity contribution in [1.82, 2.24) is 10.2 Å². The van der Waals surface area contributed by atoms with Gasteiger partial charge in [-0.3, -0.25) is 0 Å². The summed E-state index contributed by atoms with van der Waals surface area (Å²) in [6.45, 7) is 7.86. The van der Waals surface area contributed by atoms with Crippen LogP contribution in [0.5, 0.6) is 0 Å². The van der Waals surface area contributed by atoms with E-state index in [0.29, 0.717) is 6.10 Å². The number of nitrogens with one attached hydrogen (secondary N) is 1. The van der Waals surface area contributed by atoms with Gasteiger partial charge in [0.25, 0.3) is 0 Å². The van der Waals surface area contributed by atoms with Crippen molar-refractivity contribution in [2.75, 3.05) is 39.8 Å². The fourth-order valence-corrected chi connectivity index (χ4v) is 2.48. The molecule has 1 aliphatic carbocycles. The molecule has 0 radical (unpaired) electrons. The van der Waals surface area contributed by atoms with Gasteiger partial charge in [-0.25, -0.2) is 0 Å². The average Bonchev–Trinajstić information content (AvgIpc) is 2.95. The molecule has 2 atom stereocenters. The number of ether oxygens (including phenoxy) is 1. The Bertz CT molecular complexity index is 204. The highest BCUT2D eigenvalue weighted by Gasteiger charge is 2.32. The van der Waals surface area contributed by atoms with E-state index in [9.17, 15) is 0 Å². The molecule has 3 nitrogen and oxygen atoms in total. The van der Waals surface area contributed by atoms with Crippen molar-refractivity contribution >= 4 is 0 Å². The first kappa shape index (κ1) is 12.3. The summed E-state index contributed by atoms with van der Waals surface area (Å²) in [4.78, 5) is 2.43. The van der Waals surface area contributed by atoms with Crippen LogP contribution in [0.2, 0.25) is 0 Å². The van der Waals surface area contributed by atoms with Gasteiger partial charge >= 0.3 is 0 Å². The number of hydrogen-bond acceptors (Lipinski definition) is 3. The summed E-state index contributed by atoms with van der Waals surface area (Å²) >= 11 is 0. The molecule has 3 heteroatoms. The van der Waals surface area contributed by atoms with E-state index in [1.54, 1.807) is 0 Å². The molecule has 1 N–H and O–H groups in total. The third-order valence-corrected chi connectivity index (χ3v) is 3.94. The van der Waals surface area contributed by atoms with Gasteiger partial charge in [0.05, 0.1) is 12.7 Å². The molecule has 1 aliphatic heterocycles. The number of nitrogens with zero attached hydrogens (tertiary/aromatic N) is 1. The SMILES string of the molecule is CC1CC1CN(C)CCOC1CCNCC1. The van der Waals surface area contributed by atoms with Gasteiger partial charge in [0.2, 0.25) is 0 Å². The summed E-state index contributed by atoms with van der Waals surface area (Å²) in [7, 11) is 2.22. The van der Waals surface area contributed by atoms with Crippen LogP contribution in [-0.4, -0.2) is 50.8 Å². The summed E-state index contributed by atoms with van der Waals surface area (Å²) in [5.41, 5.74) is 0. The van der Waals surface area contributed by atoms with Crippen LogP contribution in [0.25, 0.3) is 0 Å². The molecule has 2 unspecified atom stereocenters. The van der Waals surface area contributed by atoms with Gasteiger partial charge in [-0.05, 0) is 51.2 Å². The van der Waals surface area contributed by atoms with Crippen molar-refractivity contribution in [3.05, 3.63) is 0 Å². The second kappa shape index (κ2) is 5.99. The Morgan fingerprint density at radius 1 is 1.31 bits per heavy atom. The van der Waals surface area contributed by atoms with Gasteiger partial charge in [-0.1, -0.05) is 6.92 Å². The Hall–Kier alpha value is -0.120. The number of likely N-dealkylation sites (N-methyl/N-ethyl adjacent to an activating group) is 1. The molecule has 0 aromatic rings. The van der Waals surface area contributed by atoms with Crippen molar-refractivity contribution < 1.29 is 4.74 Å². The highest BCUT2D eigenvalue weighted by Crippen LogP contribution is 2.37. The maximum Gasteiger partial charge on any atom is 0.0600 e. The molecule has 0 aromatic heterocycles. The van der Waals surface area contributed by atoms with E-state index in [4.69, 9.17) is 4.74 Å². The predicted octanol–water partition coefficient (Wildman–Crippen LogP) is 1.34. The van der Waals surface area contributed by atoms with E-state index in [-0.39, 0.29) is 0 Å². The first-order chi connectivity index (χ1) is 7.75. The van der Waals surface area contributed by atoms with E-state index in [1.807, 2.05) is 0 Å². The van der Waals surface area contributed by atoms with Crippen LogP contribution in [0.3, 0.4) is 0 Å². The monoisotopic (exact) mass is 226 g/mol. The topological polar surface area (TPSA) is 24.5 Å². The second-order valence-electron chi connectivity index (χ2n) is 5.56. The zero-order valence-electron chi connectivity index (χ0n) is 10.7. The number of hydrogen-bond donors (Lipinski definition) is 1. The maximum atomic E-state index is 5.90. The lowest BCUT2D eigenvalue weighted by Gasteiger charge is -2.24. The predicted molar refractivity (Wildman–Crippen MR) is 66.6 cm³/mol. The van der Waals surface area contributed by atoms with Crippen LogP contribution < -0.4 is 5.32 Å². The van der Waals surface area contributed by atoms with Gasteiger partial charge in [0.1, 0.15) is 0 Å². The highest BCUT2D eigenvalue weighted by molar-refractivity contribution is 4.84. The largest absolute Gasteiger partial charge is 0.377 e. The smallest absolute Gasteiger partial charge is 0.0600 e. The first-order valence-corrected chi connectivity index (χ1v) is 6.76. The third kappa shape index (κ3) is 4.04. The standard InChI is InChI=1S/C13H26N2O/c1-11-9-12(11)10-15(2)7-8-16-13-3-5-14-6-4-13/h11-14H,3-10H2,1-2H3. The van der Waals surface area contributed by atoms with Gasteiger partial charge < -0.3 is 15.0 Å². The van der Waals surface area contributed by atoms with Crippen LogP contribution in [-0.2, 0) is 4.74 Å². The Balaban J connectivity index is 1.49. The third-order valence-electron chi connectivity index (χ3n) is 3.94. The van der Waals surface area contributed by atoms with Gasteiger partial charge in [0.15, 0.2) is 0 Å². The first-order valence-electron chi connectivity index (χ1n) is 6.76. The molecule has 0 bridgehead atoms. The normalized spacial score (nSPS) is 30.9. The minimum atomic E-state index is 0.509. The molecule has 16 heavy (non-hydrogen) atoms. The lowest BCUT2D eigenvalue weighted by molar-refractivity contribution is 0.0226. The Morgan fingerprint density at radius 3 is 2.62 bits per heavy atom. The van der Waals surface area contributed by atoms with E-state index in [1.165, 1.54) is 25.8 Å². The number of piperidine rings is 1. The highest BCUT2D eigenvalue weighted by atomic mass is 16.5. The second-order valence-corrected chi connectivity index (χ2v) is 5.56. The van der Waals surface area contributed by atoms with Crippen molar-refractivity contribution in [3.8, 4) is 0 Å². The molecule has 0 spiro atoms. The van der Waals surface area contributed by atoms with E-state index in [0.717, 1.165) is 38.1 Å². The molecule has 1 heterocycles. The summed E-state index contributed by atoms with van der Waals surface area (Å²) in [6.07, 6.45) is 4.31. The molecule has 2 aliphatic rings. The molecule has 0 aromatic carbocycles. The van der Waals surface area contributed by atoms with Crippen molar-refractivity contribution in [1.29, 1.82) is 0 Å². The minimum Gasteiger partial charge on any atom is -0.377 e. The van der Waals surface area contributed by atoms with E-state index < -0.39 is 0 Å². The summed E-state index contributed by atoms with van der Waals surface area (Å²) in [5, 5.41) is 3.36. The van der Waals surface area contributed by atoms with Crippen molar-refractivity contribution in [3.63, 3.8) is 0 Å². The zero-order valence-corrected chi connectivity index (χ0v) is 10.7. The van der Waals surface area contributed by atoms with Crippen LogP contribution >= 0.6 is 0 Å². The molecular weight excluding hydrogens is 200 g/mol. The van der Waals surface area contributed by atoms with Gasteiger partial charge in [-0.2, -0.15) is 0 Å². The Morgan fingerprint density at radius 2 is 2.00 bits per heavy atom. The lowest BCUT2D eigenvalue weighted by Crippen LogP contribution is -2.34. The van der Waals surface area contributed by atoms with Crippen LogP contribution in [0.1, 0.15) is 26.2 Å². The molecule has 2 rings (SSSR count). The van der Waals surface area contributed by atoms with Gasteiger partial charge in [-0.15, -0.1) is 0 Å². The quantitative estimate of drug-likeness (QED) is 0.740. The van der Waals surface area contributed by atoms with Crippen LogP contribution in [0.15, 0.2) is 0 Å². The summed E-state index contributed by atoms with van der Waals surface area (Å²) in [5.74, 6) is 1.93.